The Labute approximate surface area is 124 Å². The zero-order valence-corrected chi connectivity index (χ0v) is 11.6. The van der Waals surface area contributed by atoms with E-state index >= 15 is 0 Å². The highest BCUT2D eigenvalue weighted by molar-refractivity contribution is 6.33. The average molecular weight is 308 g/mol. The van der Waals surface area contributed by atoms with Gasteiger partial charge in [-0.25, -0.2) is 9.78 Å². The van der Waals surface area contributed by atoms with Crippen molar-refractivity contribution in [1.82, 2.24) is 4.98 Å². The van der Waals surface area contributed by atoms with Gasteiger partial charge in [-0.2, -0.15) is 0 Å². The van der Waals surface area contributed by atoms with Crippen LogP contribution in [0.5, 0.6) is 0 Å². The van der Waals surface area contributed by atoms with Gasteiger partial charge in [0.25, 0.3) is 5.69 Å². The van der Waals surface area contributed by atoms with E-state index in [9.17, 15) is 14.9 Å². The number of aromatic nitrogens is 1. The molecule has 108 valence electrons. The fourth-order valence-corrected chi connectivity index (χ4v) is 1.93. The van der Waals surface area contributed by atoms with Gasteiger partial charge in [-0.1, -0.05) is 11.6 Å². The molecule has 1 aromatic heterocycles. The number of carboxylic acids is 1. The summed E-state index contributed by atoms with van der Waals surface area (Å²) < 4.78 is 0. The molecule has 1 aromatic carbocycles. The van der Waals surface area contributed by atoms with E-state index in [-0.39, 0.29) is 22.0 Å². The smallest absolute Gasteiger partial charge is 0.337 e. The number of anilines is 2. The van der Waals surface area contributed by atoms with E-state index in [1.165, 1.54) is 31.2 Å². The van der Waals surface area contributed by atoms with Crippen LogP contribution in [0.4, 0.5) is 17.2 Å². The second-order valence-electron chi connectivity index (χ2n) is 4.18. The summed E-state index contributed by atoms with van der Waals surface area (Å²) in [6.45, 7) is 1.52. The molecule has 0 unspecified atom stereocenters. The highest BCUT2D eigenvalue weighted by Crippen LogP contribution is 2.24. The summed E-state index contributed by atoms with van der Waals surface area (Å²) in [5.41, 5.74) is 0.609. The molecule has 1 heterocycles. The van der Waals surface area contributed by atoms with Crippen LogP contribution in [0.25, 0.3) is 0 Å². The molecule has 0 amide bonds. The fraction of sp³-hybridized carbons (Fsp3) is 0.0769. The number of carboxylic acid groups (broad SMARTS) is 1. The van der Waals surface area contributed by atoms with Crippen molar-refractivity contribution in [2.24, 2.45) is 0 Å². The first-order valence-electron chi connectivity index (χ1n) is 5.80. The highest BCUT2D eigenvalue weighted by Gasteiger charge is 2.13. The summed E-state index contributed by atoms with van der Waals surface area (Å²) in [7, 11) is 0. The minimum absolute atomic E-state index is 0.0414. The minimum atomic E-state index is -1.14. The Hall–Kier alpha value is -2.67. The van der Waals surface area contributed by atoms with Crippen molar-refractivity contribution in [1.29, 1.82) is 0 Å². The molecular formula is C13H10ClN3O4. The number of nitrogens with one attached hydrogen (secondary N) is 1. The molecule has 0 saturated heterocycles. The first kappa shape index (κ1) is 14.7. The van der Waals surface area contributed by atoms with Gasteiger partial charge in [0.15, 0.2) is 0 Å². The topological polar surface area (TPSA) is 105 Å². The molecule has 7 nitrogen and oxygen atoms in total. The molecule has 21 heavy (non-hydrogen) atoms. The molecule has 0 spiro atoms. The summed E-state index contributed by atoms with van der Waals surface area (Å²) >= 11 is 5.78. The SMILES string of the molecule is Cc1nc(Nc2ccc(Cl)c(C(=O)O)c2)ccc1[N+](=O)[O-]. The molecule has 0 fully saturated rings. The lowest BCUT2D eigenvalue weighted by atomic mass is 10.2. The van der Waals surface area contributed by atoms with Gasteiger partial charge in [0, 0.05) is 11.8 Å². The van der Waals surface area contributed by atoms with Gasteiger partial charge in [0.1, 0.15) is 11.5 Å². The second kappa shape index (κ2) is 5.76. The lowest BCUT2D eigenvalue weighted by molar-refractivity contribution is -0.385. The monoisotopic (exact) mass is 307 g/mol. The van der Waals surface area contributed by atoms with Gasteiger partial charge >= 0.3 is 5.97 Å². The van der Waals surface area contributed by atoms with Gasteiger partial charge in [-0.15, -0.1) is 0 Å². The summed E-state index contributed by atoms with van der Waals surface area (Å²) in [6.07, 6.45) is 0. The molecule has 0 radical (unpaired) electrons. The average Bonchev–Trinajstić information content (AvgIpc) is 2.40. The highest BCUT2D eigenvalue weighted by atomic mass is 35.5. The maximum atomic E-state index is 11.0. The van der Waals surface area contributed by atoms with Crippen molar-refractivity contribution in [3.8, 4) is 0 Å². The lowest BCUT2D eigenvalue weighted by Crippen LogP contribution is -2.01. The molecule has 0 atom stereocenters. The number of hydrogen-bond acceptors (Lipinski definition) is 5. The van der Waals surface area contributed by atoms with Crippen molar-refractivity contribution in [2.75, 3.05) is 5.32 Å². The third kappa shape index (κ3) is 3.26. The first-order valence-corrected chi connectivity index (χ1v) is 6.18. The van der Waals surface area contributed by atoms with Gasteiger partial charge in [-0.3, -0.25) is 10.1 Å². The third-order valence-corrected chi connectivity index (χ3v) is 3.05. The van der Waals surface area contributed by atoms with Crippen molar-refractivity contribution in [2.45, 2.75) is 6.92 Å². The Morgan fingerprint density at radius 1 is 1.38 bits per heavy atom. The summed E-state index contributed by atoms with van der Waals surface area (Å²) in [6, 6.07) is 7.18. The maximum Gasteiger partial charge on any atom is 0.337 e. The number of nitrogens with zero attached hydrogens (tertiary/aromatic N) is 2. The van der Waals surface area contributed by atoms with Gasteiger partial charge in [0.2, 0.25) is 0 Å². The number of pyridine rings is 1. The Bertz CT molecular complexity index is 733. The van der Waals surface area contributed by atoms with E-state index in [0.29, 0.717) is 11.5 Å². The molecule has 2 N–H and O–H groups in total. The number of halogens is 1. The zero-order chi connectivity index (χ0) is 15.6. The number of carbonyl (C=O) groups is 1. The molecule has 0 bridgehead atoms. The van der Waals surface area contributed by atoms with E-state index < -0.39 is 10.9 Å². The van der Waals surface area contributed by atoms with Crippen LogP contribution >= 0.6 is 11.6 Å². The molecular weight excluding hydrogens is 298 g/mol. The third-order valence-electron chi connectivity index (χ3n) is 2.72. The number of aromatic carboxylic acids is 1. The van der Waals surface area contributed by atoms with Gasteiger partial charge in [-0.05, 0) is 31.2 Å². The quantitative estimate of drug-likeness (QED) is 0.662. The maximum absolute atomic E-state index is 11.0. The van der Waals surface area contributed by atoms with Gasteiger partial charge < -0.3 is 10.4 Å². The van der Waals surface area contributed by atoms with E-state index in [1.54, 1.807) is 6.07 Å². The van der Waals surface area contributed by atoms with E-state index in [0.717, 1.165) is 0 Å². The Kier molecular flexibility index (Phi) is 4.04. The molecule has 2 aromatic rings. The number of aryl methyl sites for hydroxylation is 1. The van der Waals surface area contributed by atoms with E-state index in [4.69, 9.17) is 16.7 Å². The van der Waals surface area contributed by atoms with Crippen LogP contribution < -0.4 is 5.32 Å². The molecule has 0 aliphatic rings. The van der Waals surface area contributed by atoms with Crippen LogP contribution in [-0.4, -0.2) is 21.0 Å². The predicted molar refractivity (Wildman–Crippen MR) is 77.3 cm³/mol. The van der Waals surface area contributed by atoms with Crippen LogP contribution in [0.1, 0.15) is 16.1 Å². The van der Waals surface area contributed by atoms with Gasteiger partial charge in [0.05, 0.1) is 15.5 Å². The predicted octanol–water partition coefficient (Wildman–Crippen LogP) is 3.39. The summed E-state index contributed by atoms with van der Waals surface area (Å²) in [4.78, 5) is 25.2. The molecule has 8 heteroatoms. The normalized spacial score (nSPS) is 10.2. The van der Waals surface area contributed by atoms with Crippen molar-refractivity contribution in [3.05, 3.63) is 56.7 Å². The zero-order valence-electron chi connectivity index (χ0n) is 10.8. The number of rotatable bonds is 4. The number of benzene rings is 1. The second-order valence-corrected chi connectivity index (χ2v) is 4.59. The first-order chi connectivity index (χ1) is 9.88. The lowest BCUT2D eigenvalue weighted by Gasteiger charge is -2.08. The van der Waals surface area contributed by atoms with Crippen LogP contribution in [-0.2, 0) is 0 Å². The Balaban J connectivity index is 2.30. The molecule has 0 saturated carbocycles. The van der Waals surface area contributed by atoms with Crippen LogP contribution in [0.15, 0.2) is 30.3 Å². The van der Waals surface area contributed by atoms with E-state index in [2.05, 4.69) is 10.3 Å². The fourth-order valence-electron chi connectivity index (χ4n) is 1.73. The van der Waals surface area contributed by atoms with Crippen LogP contribution in [0, 0.1) is 17.0 Å². The standard InChI is InChI=1S/C13H10ClN3O4/c1-7-11(17(20)21)4-5-12(15-7)16-8-2-3-10(14)9(6-8)13(18)19/h2-6H,1H3,(H,15,16)(H,18,19). The molecule has 0 aliphatic heterocycles. The van der Waals surface area contributed by atoms with Crippen molar-refractivity contribution < 1.29 is 14.8 Å². The Morgan fingerprint density at radius 3 is 2.67 bits per heavy atom. The van der Waals surface area contributed by atoms with Crippen molar-refractivity contribution in [3.63, 3.8) is 0 Å². The Morgan fingerprint density at radius 2 is 2.10 bits per heavy atom. The largest absolute Gasteiger partial charge is 0.478 e. The van der Waals surface area contributed by atoms with Crippen LogP contribution in [0.3, 0.4) is 0 Å². The minimum Gasteiger partial charge on any atom is -0.478 e. The summed E-state index contributed by atoms with van der Waals surface area (Å²) in [5, 5.41) is 22.7. The molecule has 2 rings (SSSR count). The van der Waals surface area contributed by atoms with Crippen LogP contribution in [0.2, 0.25) is 5.02 Å². The van der Waals surface area contributed by atoms with E-state index in [1.807, 2.05) is 0 Å². The summed E-state index contributed by atoms with van der Waals surface area (Å²) in [5.74, 6) is -0.770. The number of hydrogen-bond donors (Lipinski definition) is 2. The number of nitro groups is 1. The molecule has 0 aliphatic carbocycles. The van der Waals surface area contributed by atoms with Crippen molar-refractivity contribution >= 4 is 34.8 Å².